The van der Waals surface area contributed by atoms with Crippen LogP contribution < -0.4 is 0 Å². The highest BCUT2D eigenvalue weighted by Gasteiger charge is 1.98. The number of benzene rings is 1. The van der Waals surface area contributed by atoms with E-state index in [1.54, 1.807) is 0 Å². The number of rotatable bonds is 14. The molecule has 0 aromatic heterocycles. The predicted molar refractivity (Wildman–Crippen MR) is 102 cm³/mol. The van der Waals surface area contributed by atoms with Crippen molar-refractivity contribution in [1.82, 2.24) is 0 Å². The van der Waals surface area contributed by atoms with Crippen molar-refractivity contribution in [1.29, 1.82) is 0 Å². The van der Waals surface area contributed by atoms with Gasteiger partial charge in [-0.2, -0.15) is 0 Å². The molecular formula is C22H34O2. The van der Waals surface area contributed by atoms with E-state index in [9.17, 15) is 4.79 Å². The van der Waals surface area contributed by atoms with Crippen molar-refractivity contribution >= 4 is 5.97 Å². The molecule has 0 N–H and O–H groups in total. The molecular weight excluding hydrogens is 296 g/mol. The first-order valence-corrected chi connectivity index (χ1v) is 9.58. The highest BCUT2D eigenvalue weighted by molar-refractivity contribution is 5.68. The minimum atomic E-state index is -0.0818. The number of allylic oxidation sites excluding steroid dienone is 2. The quantitative estimate of drug-likeness (QED) is 0.229. The summed E-state index contributed by atoms with van der Waals surface area (Å²) in [5.41, 5.74) is 1.46. The summed E-state index contributed by atoms with van der Waals surface area (Å²) in [5.74, 6) is -0.0818. The SMILES string of the molecule is COC(=O)CCCCCCC/C=C\CCCCCc1ccccc1. The maximum Gasteiger partial charge on any atom is 0.305 e. The molecule has 0 spiro atoms. The van der Waals surface area contributed by atoms with E-state index in [4.69, 9.17) is 0 Å². The van der Waals surface area contributed by atoms with Crippen molar-refractivity contribution in [3.8, 4) is 0 Å². The summed E-state index contributed by atoms with van der Waals surface area (Å²) in [6, 6.07) is 10.8. The molecule has 0 aliphatic carbocycles. The Bertz CT molecular complexity index is 437. The number of carbonyl (C=O) groups excluding carboxylic acids is 1. The minimum absolute atomic E-state index is 0.0818. The molecule has 1 rings (SSSR count). The normalized spacial score (nSPS) is 11.0. The second-order valence-corrected chi connectivity index (χ2v) is 6.44. The number of esters is 1. The minimum Gasteiger partial charge on any atom is -0.469 e. The van der Waals surface area contributed by atoms with Gasteiger partial charge in [0, 0.05) is 6.42 Å². The van der Waals surface area contributed by atoms with Crippen LogP contribution in [0, 0.1) is 0 Å². The van der Waals surface area contributed by atoms with Gasteiger partial charge < -0.3 is 4.74 Å². The fourth-order valence-electron chi connectivity index (χ4n) is 2.81. The number of ether oxygens (including phenoxy) is 1. The Labute approximate surface area is 148 Å². The Hall–Kier alpha value is -1.57. The van der Waals surface area contributed by atoms with Crippen LogP contribution in [0.15, 0.2) is 42.5 Å². The highest BCUT2D eigenvalue weighted by Crippen LogP contribution is 2.10. The van der Waals surface area contributed by atoms with Gasteiger partial charge in [-0.25, -0.2) is 0 Å². The van der Waals surface area contributed by atoms with Gasteiger partial charge in [0.15, 0.2) is 0 Å². The smallest absolute Gasteiger partial charge is 0.305 e. The van der Waals surface area contributed by atoms with Crippen molar-refractivity contribution in [3.05, 3.63) is 48.0 Å². The van der Waals surface area contributed by atoms with Crippen LogP contribution in [-0.4, -0.2) is 13.1 Å². The fraction of sp³-hybridized carbons (Fsp3) is 0.591. The molecule has 0 amide bonds. The third-order valence-corrected chi connectivity index (χ3v) is 4.33. The number of carbonyl (C=O) groups is 1. The Morgan fingerprint density at radius 3 is 2.08 bits per heavy atom. The third-order valence-electron chi connectivity index (χ3n) is 4.33. The maximum atomic E-state index is 11.0. The maximum absolute atomic E-state index is 11.0. The standard InChI is InChI=1S/C22H34O2/c1-24-22(23)20-16-11-9-7-5-3-2-4-6-8-10-13-17-21-18-14-12-15-19-21/h2,4,12,14-15,18-19H,3,5-11,13,16-17,20H2,1H3/b4-2-. The van der Waals surface area contributed by atoms with E-state index < -0.39 is 0 Å². The molecule has 1 aromatic rings. The average Bonchev–Trinajstić information content (AvgIpc) is 2.62. The summed E-state index contributed by atoms with van der Waals surface area (Å²) in [6.07, 6.45) is 18.7. The van der Waals surface area contributed by atoms with E-state index in [0.29, 0.717) is 6.42 Å². The second kappa shape index (κ2) is 15.0. The van der Waals surface area contributed by atoms with Crippen LogP contribution in [0.2, 0.25) is 0 Å². The van der Waals surface area contributed by atoms with Crippen molar-refractivity contribution in [2.75, 3.05) is 7.11 Å². The summed E-state index contributed by atoms with van der Waals surface area (Å²) < 4.78 is 4.63. The largest absolute Gasteiger partial charge is 0.469 e. The Morgan fingerprint density at radius 1 is 0.833 bits per heavy atom. The zero-order valence-electron chi connectivity index (χ0n) is 15.3. The molecule has 0 aliphatic heterocycles. The van der Waals surface area contributed by atoms with Gasteiger partial charge in [0.2, 0.25) is 0 Å². The fourth-order valence-corrected chi connectivity index (χ4v) is 2.81. The molecule has 0 saturated heterocycles. The van der Waals surface area contributed by atoms with Crippen molar-refractivity contribution in [2.24, 2.45) is 0 Å². The predicted octanol–water partition coefficient (Wildman–Crippen LogP) is 6.25. The van der Waals surface area contributed by atoms with Crippen LogP contribution >= 0.6 is 0 Å². The van der Waals surface area contributed by atoms with E-state index in [1.165, 1.54) is 70.5 Å². The molecule has 0 aliphatic rings. The summed E-state index contributed by atoms with van der Waals surface area (Å²) in [4.78, 5) is 11.0. The van der Waals surface area contributed by atoms with Crippen molar-refractivity contribution in [3.63, 3.8) is 0 Å². The molecule has 0 unspecified atom stereocenters. The zero-order chi connectivity index (χ0) is 17.3. The van der Waals surface area contributed by atoms with Crippen LogP contribution in [0.3, 0.4) is 0 Å². The molecule has 0 saturated carbocycles. The number of methoxy groups -OCH3 is 1. The van der Waals surface area contributed by atoms with Gasteiger partial charge >= 0.3 is 5.97 Å². The second-order valence-electron chi connectivity index (χ2n) is 6.44. The van der Waals surface area contributed by atoms with Crippen molar-refractivity contribution < 1.29 is 9.53 Å². The number of aryl methyl sites for hydroxylation is 1. The lowest BCUT2D eigenvalue weighted by molar-refractivity contribution is -0.140. The summed E-state index contributed by atoms with van der Waals surface area (Å²) in [5, 5.41) is 0. The third kappa shape index (κ3) is 11.9. The monoisotopic (exact) mass is 330 g/mol. The van der Waals surface area contributed by atoms with E-state index in [2.05, 4.69) is 47.2 Å². The lowest BCUT2D eigenvalue weighted by atomic mass is 10.1. The Morgan fingerprint density at radius 2 is 1.42 bits per heavy atom. The van der Waals surface area contributed by atoms with Gasteiger partial charge in [-0.1, -0.05) is 68.2 Å². The van der Waals surface area contributed by atoms with Gasteiger partial charge in [0.25, 0.3) is 0 Å². The molecule has 1 aromatic carbocycles. The van der Waals surface area contributed by atoms with Crippen LogP contribution in [0.1, 0.15) is 76.2 Å². The van der Waals surface area contributed by atoms with Crippen LogP contribution in [0.5, 0.6) is 0 Å². The Balaban J connectivity index is 1.81. The molecule has 0 fully saturated rings. The lowest BCUT2D eigenvalue weighted by Crippen LogP contribution is -1.98. The Kier molecular flexibility index (Phi) is 12.8. The molecule has 0 atom stereocenters. The number of unbranched alkanes of at least 4 members (excludes halogenated alkanes) is 8. The van der Waals surface area contributed by atoms with Gasteiger partial charge in [0.05, 0.1) is 7.11 Å². The molecule has 24 heavy (non-hydrogen) atoms. The van der Waals surface area contributed by atoms with E-state index in [-0.39, 0.29) is 5.97 Å². The molecule has 2 heteroatoms. The molecule has 0 radical (unpaired) electrons. The first-order chi connectivity index (χ1) is 11.8. The lowest BCUT2D eigenvalue weighted by Gasteiger charge is -2.01. The van der Waals surface area contributed by atoms with Gasteiger partial charge in [-0.15, -0.1) is 0 Å². The van der Waals surface area contributed by atoms with Crippen LogP contribution in [0.25, 0.3) is 0 Å². The van der Waals surface area contributed by atoms with Gasteiger partial charge in [-0.05, 0) is 50.5 Å². The molecule has 134 valence electrons. The van der Waals surface area contributed by atoms with Gasteiger partial charge in [0.1, 0.15) is 0 Å². The summed E-state index contributed by atoms with van der Waals surface area (Å²) in [6.45, 7) is 0. The highest BCUT2D eigenvalue weighted by atomic mass is 16.5. The summed E-state index contributed by atoms with van der Waals surface area (Å²) in [7, 11) is 1.46. The first kappa shape index (κ1) is 20.5. The molecule has 0 heterocycles. The molecule has 2 nitrogen and oxygen atoms in total. The number of hydrogen-bond acceptors (Lipinski definition) is 2. The topological polar surface area (TPSA) is 26.3 Å². The zero-order valence-corrected chi connectivity index (χ0v) is 15.3. The van der Waals surface area contributed by atoms with Crippen LogP contribution in [0.4, 0.5) is 0 Å². The van der Waals surface area contributed by atoms with E-state index in [1.807, 2.05) is 0 Å². The van der Waals surface area contributed by atoms with Gasteiger partial charge in [-0.3, -0.25) is 4.79 Å². The van der Waals surface area contributed by atoms with Crippen LogP contribution in [-0.2, 0) is 16.0 Å². The first-order valence-electron chi connectivity index (χ1n) is 9.58. The molecule has 0 bridgehead atoms. The van der Waals surface area contributed by atoms with E-state index >= 15 is 0 Å². The average molecular weight is 331 g/mol. The van der Waals surface area contributed by atoms with E-state index in [0.717, 1.165) is 12.8 Å². The summed E-state index contributed by atoms with van der Waals surface area (Å²) >= 11 is 0. The number of hydrogen-bond donors (Lipinski definition) is 0. The van der Waals surface area contributed by atoms with Crippen molar-refractivity contribution in [2.45, 2.75) is 77.0 Å².